The fourth-order valence-electron chi connectivity index (χ4n) is 1.90. The topological polar surface area (TPSA) is 83.2 Å². The summed E-state index contributed by atoms with van der Waals surface area (Å²) in [5.41, 5.74) is 1.28. The van der Waals surface area contributed by atoms with E-state index in [1.54, 1.807) is 37.4 Å². The summed E-state index contributed by atoms with van der Waals surface area (Å²) in [6.45, 7) is 2.98. The zero-order valence-electron chi connectivity index (χ0n) is 12.0. The highest BCUT2D eigenvalue weighted by molar-refractivity contribution is 7.92. The van der Waals surface area contributed by atoms with Crippen molar-refractivity contribution in [2.24, 2.45) is 0 Å². The van der Waals surface area contributed by atoms with Gasteiger partial charge in [0.25, 0.3) is 10.0 Å². The lowest BCUT2D eigenvalue weighted by Crippen LogP contribution is -2.12. The van der Waals surface area contributed by atoms with Gasteiger partial charge >= 0.3 is 0 Å². The van der Waals surface area contributed by atoms with Crippen molar-refractivity contribution in [1.29, 1.82) is 0 Å². The molecule has 1 aromatic heterocycles. The Morgan fingerprint density at radius 3 is 2.81 bits per heavy atom. The third kappa shape index (κ3) is 3.99. The minimum atomic E-state index is -3.61. The summed E-state index contributed by atoms with van der Waals surface area (Å²) in [6, 6.07) is 8.46. The first-order valence-corrected chi connectivity index (χ1v) is 8.11. The third-order valence-electron chi connectivity index (χ3n) is 2.79. The lowest BCUT2D eigenvalue weighted by atomic mass is 10.3. The number of benzene rings is 1. The number of nitrogens with one attached hydrogen (secondary N) is 3. The van der Waals surface area contributed by atoms with Crippen LogP contribution < -0.4 is 14.8 Å². The van der Waals surface area contributed by atoms with Gasteiger partial charge in [0.1, 0.15) is 10.6 Å². The number of ether oxygens (including phenoxy) is 1. The van der Waals surface area contributed by atoms with E-state index >= 15 is 0 Å². The Hall–Kier alpha value is -1.99. The van der Waals surface area contributed by atoms with E-state index in [1.165, 1.54) is 6.20 Å². The highest BCUT2D eigenvalue weighted by Crippen LogP contribution is 2.21. The molecule has 2 aromatic rings. The second kappa shape index (κ2) is 6.64. The summed E-state index contributed by atoms with van der Waals surface area (Å²) in [5, 5.41) is 2.96. The van der Waals surface area contributed by atoms with Crippen LogP contribution in [0.1, 0.15) is 12.6 Å². The van der Waals surface area contributed by atoms with Crippen LogP contribution in [0.15, 0.2) is 41.4 Å². The van der Waals surface area contributed by atoms with Crippen LogP contribution in [0.2, 0.25) is 0 Å². The molecule has 0 spiro atoms. The fraction of sp³-hybridized carbons (Fsp3) is 0.286. The molecule has 1 aromatic carbocycles. The molecule has 0 aliphatic heterocycles. The van der Waals surface area contributed by atoms with Crippen LogP contribution in [0.25, 0.3) is 0 Å². The zero-order chi connectivity index (χ0) is 15.3. The standard InChI is InChI=1S/C14H19N3O3S/c1-3-20-13-6-4-5-11(7-13)17-21(18,19)14-8-12(9-15-2)16-10-14/h4-8,10,15-17H,3,9H2,1-2H3. The molecule has 6 nitrogen and oxygen atoms in total. The molecule has 0 radical (unpaired) electrons. The Bertz CT molecular complexity index is 695. The number of aromatic nitrogens is 1. The predicted molar refractivity (Wildman–Crippen MR) is 82.0 cm³/mol. The molecule has 0 atom stereocenters. The summed E-state index contributed by atoms with van der Waals surface area (Å²) in [5.74, 6) is 0.627. The molecular weight excluding hydrogens is 290 g/mol. The first-order valence-electron chi connectivity index (χ1n) is 6.62. The fourth-order valence-corrected chi connectivity index (χ4v) is 2.96. The predicted octanol–water partition coefficient (Wildman–Crippen LogP) is 1.93. The third-order valence-corrected chi connectivity index (χ3v) is 4.15. The van der Waals surface area contributed by atoms with Gasteiger partial charge in [-0.15, -0.1) is 0 Å². The van der Waals surface area contributed by atoms with Gasteiger partial charge in [0.05, 0.1) is 12.3 Å². The van der Waals surface area contributed by atoms with Crippen LogP contribution in [0, 0.1) is 0 Å². The first-order chi connectivity index (χ1) is 10.0. The molecule has 3 N–H and O–H groups in total. The summed E-state index contributed by atoms with van der Waals surface area (Å²) in [6.07, 6.45) is 1.47. The highest BCUT2D eigenvalue weighted by Gasteiger charge is 2.16. The molecule has 2 rings (SSSR count). The molecule has 0 fully saturated rings. The Morgan fingerprint density at radius 1 is 1.29 bits per heavy atom. The van der Waals surface area contributed by atoms with Crippen LogP contribution in [0.3, 0.4) is 0 Å². The molecular formula is C14H19N3O3S. The van der Waals surface area contributed by atoms with Gasteiger partial charge in [-0.05, 0) is 32.2 Å². The van der Waals surface area contributed by atoms with Crippen LogP contribution in [-0.2, 0) is 16.6 Å². The summed E-state index contributed by atoms with van der Waals surface area (Å²) in [4.78, 5) is 3.13. The van der Waals surface area contributed by atoms with Crippen molar-refractivity contribution in [2.75, 3.05) is 18.4 Å². The maximum atomic E-state index is 12.3. The van der Waals surface area contributed by atoms with Gasteiger partial charge < -0.3 is 15.0 Å². The van der Waals surface area contributed by atoms with Crippen LogP contribution in [0.4, 0.5) is 5.69 Å². The van der Waals surface area contributed by atoms with E-state index < -0.39 is 10.0 Å². The van der Waals surface area contributed by atoms with Crippen LogP contribution in [-0.4, -0.2) is 27.1 Å². The number of anilines is 1. The lowest BCUT2D eigenvalue weighted by molar-refractivity contribution is 0.340. The van der Waals surface area contributed by atoms with E-state index in [2.05, 4.69) is 15.0 Å². The maximum absolute atomic E-state index is 12.3. The smallest absolute Gasteiger partial charge is 0.263 e. The molecule has 0 saturated heterocycles. The summed E-state index contributed by atoms with van der Waals surface area (Å²) < 4.78 is 32.5. The van der Waals surface area contributed by atoms with Crippen molar-refractivity contribution in [3.05, 3.63) is 42.2 Å². The van der Waals surface area contributed by atoms with E-state index in [0.717, 1.165) is 5.69 Å². The zero-order valence-corrected chi connectivity index (χ0v) is 12.8. The van der Waals surface area contributed by atoms with Gasteiger partial charge in [0, 0.05) is 24.5 Å². The van der Waals surface area contributed by atoms with Gasteiger partial charge in [-0.25, -0.2) is 8.42 Å². The minimum Gasteiger partial charge on any atom is -0.494 e. The summed E-state index contributed by atoms with van der Waals surface area (Å²) >= 11 is 0. The Kier molecular flexibility index (Phi) is 4.87. The molecule has 0 bridgehead atoms. The second-order valence-corrected chi connectivity index (χ2v) is 6.14. The van der Waals surface area contributed by atoms with Crippen molar-refractivity contribution in [1.82, 2.24) is 10.3 Å². The molecule has 1 heterocycles. The van der Waals surface area contributed by atoms with Crippen molar-refractivity contribution in [2.45, 2.75) is 18.4 Å². The van der Waals surface area contributed by atoms with Crippen LogP contribution in [0.5, 0.6) is 5.75 Å². The molecule has 0 amide bonds. The van der Waals surface area contributed by atoms with E-state index in [-0.39, 0.29) is 4.90 Å². The number of sulfonamides is 1. The van der Waals surface area contributed by atoms with E-state index in [9.17, 15) is 8.42 Å². The van der Waals surface area contributed by atoms with Crippen molar-refractivity contribution in [3.63, 3.8) is 0 Å². The average molecular weight is 309 g/mol. The molecule has 0 unspecified atom stereocenters. The monoisotopic (exact) mass is 309 g/mol. The van der Waals surface area contributed by atoms with E-state index in [4.69, 9.17) is 4.74 Å². The quantitative estimate of drug-likeness (QED) is 0.730. The van der Waals surface area contributed by atoms with Gasteiger partial charge in [0.2, 0.25) is 0 Å². The van der Waals surface area contributed by atoms with Crippen LogP contribution >= 0.6 is 0 Å². The SMILES string of the molecule is CCOc1cccc(NS(=O)(=O)c2c[nH]c(CNC)c2)c1. The molecule has 0 saturated carbocycles. The molecule has 114 valence electrons. The molecule has 0 aliphatic rings. The second-order valence-electron chi connectivity index (χ2n) is 4.46. The Morgan fingerprint density at radius 2 is 2.10 bits per heavy atom. The average Bonchev–Trinajstić information content (AvgIpc) is 2.89. The van der Waals surface area contributed by atoms with Gasteiger partial charge in [0.15, 0.2) is 0 Å². The lowest BCUT2D eigenvalue weighted by Gasteiger charge is -2.08. The summed E-state index contributed by atoms with van der Waals surface area (Å²) in [7, 11) is -1.81. The first kappa shape index (κ1) is 15.4. The molecule has 21 heavy (non-hydrogen) atoms. The van der Waals surface area contributed by atoms with Gasteiger partial charge in [-0.2, -0.15) is 0 Å². The van der Waals surface area contributed by atoms with Crippen molar-refractivity contribution in [3.8, 4) is 5.75 Å². The number of aromatic amines is 1. The van der Waals surface area contributed by atoms with E-state index in [0.29, 0.717) is 24.6 Å². The number of hydrogen-bond acceptors (Lipinski definition) is 4. The number of rotatable bonds is 7. The van der Waals surface area contributed by atoms with Gasteiger partial charge in [-0.3, -0.25) is 4.72 Å². The minimum absolute atomic E-state index is 0.203. The largest absolute Gasteiger partial charge is 0.494 e. The van der Waals surface area contributed by atoms with Crippen molar-refractivity contribution < 1.29 is 13.2 Å². The Balaban J connectivity index is 2.18. The molecule has 0 aliphatic carbocycles. The Labute approximate surface area is 124 Å². The highest BCUT2D eigenvalue weighted by atomic mass is 32.2. The number of H-pyrrole nitrogens is 1. The van der Waals surface area contributed by atoms with Gasteiger partial charge in [-0.1, -0.05) is 6.07 Å². The maximum Gasteiger partial charge on any atom is 0.263 e. The van der Waals surface area contributed by atoms with Crippen molar-refractivity contribution >= 4 is 15.7 Å². The van der Waals surface area contributed by atoms with E-state index in [1.807, 2.05) is 6.92 Å². The normalized spacial score (nSPS) is 11.3. The number of hydrogen-bond donors (Lipinski definition) is 3. The molecule has 7 heteroatoms.